The molecular formula is C20H29FN4O3. The molecule has 0 aromatic carbocycles. The van der Waals surface area contributed by atoms with Gasteiger partial charge in [0.2, 0.25) is 11.8 Å². The summed E-state index contributed by atoms with van der Waals surface area (Å²) in [5.74, 6) is -0.0142. The number of hydrogen-bond acceptors (Lipinski definition) is 5. The number of carbonyl (C=O) groups excluding carboxylic acids is 2. The topological polar surface area (TPSA) is 97.6 Å². The third-order valence-electron chi connectivity index (χ3n) is 4.96. The Bertz CT molecular complexity index is 741. The molecule has 3 N–H and O–H groups in total. The SMILES string of the molecule is CC(C)CC(NC(=O)c1ccc(N2CC(C)(F)C2)c(OCC2CC2)n1)C(N)=O. The molecule has 154 valence electrons. The van der Waals surface area contributed by atoms with E-state index in [2.05, 4.69) is 10.3 Å². The Kier molecular flexibility index (Phi) is 5.76. The van der Waals surface area contributed by atoms with E-state index in [-0.39, 0.29) is 24.7 Å². The van der Waals surface area contributed by atoms with Crippen LogP contribution < -0.4 is 20.7 Å². The smallest absolute Gasteiger partial charge is 0.270 e. The number of nitrogens with two attached hydrogens (primary N) is 1. The van der Waals surface area contributed by atoms with E-state index in [1.807, 2.05) is 18.7 Å². The highest BCUT2D eigenvalue weighted by Gasteiger charge is 2.40. The highest BCUT2D eigenvalue weighted by molar-refractivity contribution is 5.96. The molecule has 28 heavy (non-hydrogen) atoms. The lowest BCUT2D eigenvalue weighted by Crippen LogP contribution is -2.57. The second-order valence-corrected chi connectivity index (χ2v) is 8.60. The number of amides is 2. The van der Waals surface area contributed by atoms with Gasteiger partial charge in [0, 0.05) is 0 Å². The molecule has 1 aliphatic carbocycles. The van der Waals surface area contributed by atoms with Crippen LogP contribution in [-0.4, -0.2) is 48.2 Å². The number of ether oxygens (including phenoxy) is 1. The summed E-state index contributed by atoms with van der Waals surface area (Å²) in [5, 5.41) is 2.65. The van der Waals surface area contributed by atoms with Gasteiger partial charge >= 0.3 is 0 Å². The summed E-state index contributed by atoms with van der Waals surface area (Å²) in [6, 6.07) is 2.53. The predicted octanol–water partition coefficient (Wildman–Crippen LogP) is 2.05. The van der Waals surface area contributed by atoms with Crippen LogP contribution in [0.1, 0.15) is 50.5 Å². The lowest BCUT2D eigenvalue weighted by atomic mass is 9.98. The second-order valence-electron chi connectivity index (χ2n) is 8.60. The zero-order valence-electron chi connectivity index (χ0n) is 16.7. The van der Waals surface area contributed by atoms with Crippen LogP contribution >= 0.6 is 0 Å². The van der Waals surface area contributed by atoms with Gasteiger partial charge in [-0.25, -0.2) is 9.37 Å². The molecule has 1 atom stereocenters. The molecule has 1 aromatic rings. The lowest BCUT2D eigenvalue weighted by molar-refractivity contribution is -0.120. The fourth-order valence-electron chi connectivity index (χ4n) is 3.26. The molecule has 2 aliphatic rings. The fourth-order valence-corrected chi connectivity index (χ4v) is 3.26. The largest absolute Gasteiger partial charge is 0.476 e. The highest BCUT2D eigenvalue weighted by Crippen LogP contribution is 2.37. The van der Waals surface area contributed by atoms with Crippen molar-refractivity contribution in [3.63, 3.8) is 0 Å². The maximum absolute atomic E-state index is 13.9. The average Bonchev–Trinajstić information content (AvgIpc) is 3.40. The average molecular weight is 392 g/mol. The number of pyridine rings is 1. The molecule has 1 aromatic heterocycles. The number of nitrogens with zero attached hydrogens (tertiary/aromatic N) is 2. The van der Waals surface area contributed by atoms with Gasteiger partial charge in [-0.05, 0) is 50.2 Å². The molecule has 0 spiro atoms. The molecule has 1 unspecified atom stereocenters. The van der Waals surface area contributed by atoms with Crippen molar-refractivity contribution in [2.45, 2.75) is 51.7 Å². The number of nitrogens with one attached hydrogen (secondary N) is 1. The Hall–Kier alpha value is -2.38. The van der Waals surface area contributed by atoms with E-state index < -0.39 is 23.5 Å². The quantitative estimate of drug-likeness (QED) is 0.670. The summed E-state index contributed by atoms with van der Waals surface area (Å²) in [6.07, 6.45) is 2.70. The molecule has 1 saturated heterocycles. The van der Waals surface area contributed by atoms with Gasteiger partial charge in [-0.3, -0.25) is 9.59 Å². The number of halogens is 1. The standard InChI is InChI=1S/C20H29FN4O3/c1-12(2)8-15(17(22)26)23-18(27)14-6-7-16(25-10-20(3,21)11-25)19(24-14)28-9-13-4-5-13/h6-7,12-13,15H,4-5,8-11H2,1-3H3,(H2,22,26)(H,23,27). The number of alkyl halides is 1. The first-order valence-corrected chi connectivity index (χ1v) is 9.82. The molecule has 0 radical (unpaired) electrons. The Labute approximate surface area is 164 Å². The zero-order chi connectivity index (χ0) is 20.5. The molecule has 7 nitrogen and oxygen atoms in total. The normalized spacial score (nSPS) is 19.1. The Morgan fingerprint density at radius 3 is 2.61 bits per heavy atom. The van der Waals surface area contributed by atoms with Crippen molar-refractivity contribution in [3.8, 4) is 5.88 Å². The molecule has 2 amide bonds. The van der Waals surface area contributed by atoms with Crippen molar-refractivity contribution in [2.75, 3.05) is 24.6 Å². The highest BCUT2D eigenvalue weighted by atomic mass is 19.1. The van der Waals surface area contributed by atoms with Gasteiger partial charge in [-0.2, -0.15) is 0 Å². The lowest BCUT2D eigenvalue weighted by Gasteiger charge is -2.44. The maximum Gasteiger partial charge on any atom is 0.270 e. The minimum Gasteiger partial charge on any atom is -0.476 e. The summed E-state index contributed by atoms with van der Waals surface area (Å²) in [4.78, 5) is 30.4. The van der Waals surface area contributed by atoms with E-state index >= 15 is 0 Å². The Morgan fingerprint density at radius 2 is 2.07 bits per heavy atom. The second kappa shape index (κ2) is 7.93. The number of anilines is 1. The van der Waals surface area contributed by atoms with Crippen molar-refractivity contribution >= 4 is 17.5 Å². The fraction of sp³-hybridized carbons (Fsp3) is 0.650. The zero-order valence-corrected chi connectivity index (χ0v) is 16.7. The van der Waals surface area contributed by atoms with Crippen LogP contribution in [0.4, 0.5) is 10.1 Å². The first-order chi connectivity index (χ1) is 13.1. The van der Waals surface area contributed by atoms with Crippen molar-refractivity contribution in [1.29, 1.82) is 0 Å². The van der Waals surface area contributed by atoms with Gasteiger partial charge in [-0.15, -0.1) is 0 Å². The van der Waals surface area contributed by atoms with Crippen molar-refractivity contribution in [1.82, 2.24) is 10.3 Å². The van der Waals surface area contributed by atoms with Crippen molar-refractivity contribution in [2.24, 2.45) is 17.6 Å². The summed E-state index contributed by atoms with van der Waals surface area (Å²) >= 11 is 0. The van der Waals surface area contributed by atoms with Gasteiger partial charge in [0.15, 0.2) is 0 Å². The summed E-state index contributed by atoms with van der Waals surface area (Å²) in [6.45, 7) is 6.51. The van der Waals surface area contributed by atoms with Crippen LogP contribution in [0.5, 0.6) is 5.88 Å². The third-order valence-corrected chi connectivity index (χ3v) is 4.96. The van der Waals surface area contributed by atoms with Gasteiger partial charge in [-0.1, -0.05) is 13.8 Å². The van der Waals surface area contributed by atoms with Crippen LogP contribution in [0.25, 0.3) is 0 Å². The Morgan fingerprint density at radius 1 is 1.39 bits per heavy atom. The van der Waals surface area contributed by atoms with E-state index in [1.54, 1.807) is 19.1 Å². The molecular weight excluding hydrogens is 363 g/mol. The van der Waals surface area contributed by atoms with Crippen LogP contribution in [0.2, 0.25) is 0 Å². The summed E-state index contributed by atoms with van der Waals surface area (Å²) in [7, 11) is 0. The number of hydrogen-bond donors (Lipinski definition) is 2. The van der Waals surface area contributed by atoms with E-state index in [0.717, 1.165) is 12.8 Å². The molecule has 3 rings (SSSR count). The van der Waals surface area contributed by atoms with Gasteiger partial charge in [0.25, 0.3) is 5.91 Å². The van der Waals surface area contributed by atoms with Crippen LogP contribution in [0.15, 0.2) is 12.1 Å². The van der Waals surface area contributed by atoms with Crippen LogP contribution in [0, 0.1) is 11.8 Å². The van der Waals surface area contributed by atoms with Crippen LogP contribution in [0.3, 0.4) is 0 Å². The first-order valence-electron chi connectivity index (χ1n) is 9.82. The van der Waals surface area contributed by atoms with E-state index in [4.69, 9.17) is 10.5 Å². The van der Waals surface area contributed by atoms with Gasteiger partial charge in [0.1, 0.15) is 23.1 Å². The third kappa shape index (κ3) is 5.11. The van der Waals surface area contributed by atoms with E-state index in [1.165, 1.54) is 0 Å². The van der Waals surface area contributed by atoms with Crippen LogP contribution in [-0.2, 0) is 4.79 Å². The van der Waals surface area contributed by atoms with Gasteiger partial charge < -0.3 is 20.7 Å². The Balaban J connectivity index is 1.75. The van der Waals surface area contributed by atoms with Gasteiger partial charge in [0.05, 0.1) is 19.7 Å². The molecule has 1 saturated carbocycles. The molecule has 2 heterocycles. The molecule has 0 bridgehead atoms. The minimum absolute atomic E-state index is 0.146. The molecule has 8 heteroatoms. The maximum atomic E-state index is 13.9. The summed E-state index contributed by atoms with van der Waals surface area (Å²) < 4.78 is 19.8. The van der Waals surface area contributed by atoms with Crippen molar-refractivity contribution in [3.05, 3.63) is 17.8 Å². The monoisotopic (exact) mass is 392 g/mol. The predicted molar refractivity (Wildman–Crippen MR) is 104 cm³/mol. The minimum atomic E-state index is -1.23. The molecule has 2 fully saturated rings. The van der Waals surface area contributed by atoms with E-state index in [0.29, 0.717) is 30.5 Å². The van der Waals surface area contributed by atoms with Crippen molar-refractivity contribution < 1.29 is 18.7 Å². The first kappa shape index (κ1) is 20.4. The van der Waals surface area contributed by atoms with E-state index in [9.17, 15) is 14.0 Å². The number of primary amides is 1. The number of rotatable bonds is 9. The summed E-state index contributed by atoms with van der Waals surface area (Å²) in [5.41, 5.74) is 5.00. The number of aromatic nitrogens is 1. The number of carbonyl (C=O) groups is 2. The molecule has 1 aliphatic heterocycles.